The Hall–Kier alpha value is -2.69. The van der Waals surface area contributed by atoms with Gasteiger partial charge in [-0.2, -0.15) is 0 Å². The summed E-state index contributed by atoms with van der Waals surface area (Å²) in [5, 5.41) is 0. The van der Waals surface area contributed by atoms with Crippen molar-refractivity contribution in [3.05, 3.63) is 42.7 Å². The van der Waals surface area contributed by atoms with Crippen LogP contribution in [0.1, 0.15) is 13.8 Å². The number of fused-ring (bicyclic) bond motifs is 1. The molecule has 5 heteroatoms. The lowest BCUT2D eigenvalue weighted by Gasteiger charge is -2.14. The first-order chi connectivity index (χ1) is 10.7. The molecule has 0 unspecified atom stereocenters. The largest absolute Gasteiger partial charge is 0.493 e. The number of hydrogen-bond donors (Lipinski definition) is 0. The van der Waals surface area contributed by atoms with E-state index in [0.717, 1.165) is 16.6 Å². The monoisotopic (exact) mass is 295 g/mol. The number of nitrogens with zero attached hydrogens (tertiary/aromatic N) is 3. The van der Waals surface area contributed by atoms with Crippen molar-refractivity contribution in [1.29, 1.82) is 0 Å². The molecule has 1 aromatic carbocycles. The molecule has 0 N–H and O–H groups in total. The number of pyridine rings is 1. The van der Waals surface area contributed by atoms with Crippen LogP contribution in [-0.2, 0) is 0 Å². The predicted molar refractivity (Wildman–Crippen MR) is 85.1 cm³/mol. The van der Waals surface area contributed by atoms with Crippen LogP contribution < -0.4 is 9.47 Å². The van der Waals surface area contributed by atoms with Gasteiger partial charge < -0.3 is 9.47 Å². The molecule has 0 bridgehead atoms. The minimum absolute atomic E-state index is 0.0859. The maximum absolute atomic E-state index is 5.72. The van der Waals surface area contributed by atoms with Gasteiger partial charge in [0.1, 0.15) is 5.52 Å². The van der Waals surface area contributed by atoms with Crippen LogP contribution in [0.3, 0.4) is 0 Å². The first-order valence-corrected chi connectivity index (χ1v) is 7.10. The third-order valence-electron chi connectivity index (χ3n) is 3.14. The highest BCUT2D eigenvalue weighted by Crippen LogP contribution is 2.32. The molecule has 22 heavy (non-hydrogen) atoms. The molecule has 0 saturated heterocycles. The van der Waals surface area contributed by atoms with Gasteiger partial charge in [-0.1, -0.05) is 0 Å². The van der Waals surface area contributed by atoms with Crippen molar-refractivity contribution in [3.8, 4) is 22.9 Å². The predicted octanol–water partition coefficient (Wildman–Crippen LogP) is 3.49. The van der Waals surface area contributed by atoms with Gasteiger partial charge in [0.15, 0.2) is 17.3 Å². The summed E-state index contributed by atoms with van der Waals surface area (Å²) in [5.41, 5.74) is 2.46. The number of benzene rings is 1. The van der Waals surface area contributed by atoms with Gasteiger partial charge in [-0.25, -0.2) is 9.97 Å². The zero-order valence-corrected chi connectivity index (χ0v) is 12.8. The van der Waals surface area contributed by atoms with Gasteiger partial charge in [0, 0.05) is 11.8 Å². The number of hydrogen-bond acceptors (Lipinski definition) is 5. The van der Waals surface area contributed by atoms with Crippen molar-refractivity contribution < 1.29 is 9.47 Å². The van der Waals surface area contributed by atoms with Gasteiger partial charge in [0.05, 0.1) is 24.9 Å². The van der Waals surface area contributed by atoms with Crippen LogP contribution >= 0.6 is 0 Å². The van der Waals surface area contributed by atoms with Crippen LogP contribution in [0.2, 0.25) is 0 Å². The van der Waals surface area contributed by atoms with Crippen LogP contribution in [0.4, 0.5) is 0 Å². The maximum Gasteiger partial charge on any atom is 0.161 e. The fraction of sp³-hybridized carbons (Fsp3) is 0.235. The molecule has 0 amide bonds. The Balaban J connectivity index is 2.02. The van der Waals surface area contributed by atoms with Crippen LogP contribution in [-0.4, -0.2) is 28.2 Å². The van der Waals surface area contributed by atoms with Gasteiger partial charge in [0.25, 0.3) is 0 Å². The van der Waals surface area contributed by atoms with Crippen LogP contribution in [0.5, 0.6) is 11.5 Å². The third kappa shape index (κ3) is 2.83. The highest BCUT2D eigenvalue weighted by molar-refractivity contribution is 5.75. The minimum Gasteiger partial charge on any atom is -0.493 e. The molecule has 0 aliphatic rings. The molecule has 112 valence electrons. The third-order valence-corrected chi connectivity index (χ3v) is 3.14. The Morgan fingerprint density at radius 1 is 1.00 bits per heavy atom. The Morgan fingerprint density at radius 3 is 2.64 bits per heavy atom. The summed E-state index contributed by atoms with van der Waals surface area (Å²) in [6, 6.07) is 9.47. The van der Waals surface area contributed by atoms with E-state index in [-0.39, 0.29) is 6.10 Å². The summed E-state index contributed by atoms with van der Waals surface area (Å²) in [7, 11) is 1.62. The smallest absolute Gasteiger partial charge is 0.161 e. The van der Waals surface area contributed by atoms with E-state index >= 15 is 0 Å². The second kappa shape index (κ2) is 5.97. The van der Waals surface area contributed by atoms with Gasteiger partial charge in [-0.3, -0.25) is 4.98 Å². The number of rotatable bonds is 4. The first-order valence-electron chi connectivity index (χ1n) is 7.10. The fourth-order valence-electron chi connectivity index (χ4n) is 2.17. The van der Waals surface area contributed by atoms with E-state index < -0.39 is 0 Å². The molecule has 0 spiro atoms. The van der Waals surface area contributed by atoms with Crippen molar-refractivity contribution in [2.24, 2.45) is 0 Å². The van der Waals surface area contributed by atoms with Gasteiger partial charge in [-0.15, -0.1) is 0 Å². The van der Waals surface area contributed by atoms with Crippen molar-refractivity contribution in [3.63, 3.8) is 0 Å². The topological polar surface area (TPSA) is 57.1 Å². The quantitative estimate of drug-likeness (QED) is 0.737. The second-order valence-corrected chi connectivity index (χ2v) is 5.13. The Kier molecular flexibility index (Phi) is 3.87. The molecule has 3 aromatic rings. The summed E-state index contributed by atoms with van der Waals surface area (Å²) < 4.78 is 11.1. The highest BCUT2D eigenvalue weighted by atomic mass is 16.5. The normalized spacial score (nSPS) is 10.9. The minimum atomic E-state index is 0.0859. The lowest BCUT2D eigenvalue weighted by atomic mass is 10.2. The van der Waals surface area contributed by atoms with E-state index in [0.29, 0.717) is 17.3 Å². The zero-order valence-electron chi connectivity index (χ0n) is 12.8. The molecule has 2 heterocycles. The molecule has 0 saturated carbocycles. The number of methoxy groups -OCH3 is 1. The average molecular weight is 295 g/mol. The highest BCUT2D eigenvalue weighted by Gasteiger charge is 2.10. The molecule has 0 aliphatic heterocycles. The van der Waals surface area contributed by atoms with E-state index in [1.54, 1.807) is 19.5 Å². The molecule has 2 aromatic heterocycles. The summed E-state index contributed by atoms with van der Waals surface area (Å²) >= 11 is 0. The van der Waals surface area contributed by atoms with Gasteiger partial charge in [0.2, 0.25) is 0 Å². The average Bonchev–Trinajstić information content (AvgIpc) is 2.54. The summed E-state index contributed by atoms with van der Waals surface area (Å²) in [6.07, 6.45) is 3.54. The molecule has 0 aliphatic carbocycles. The molecule has 0 atom stereocenters. The zero-order chi connectivity index (χ0) is 15.5. The van der Waals surface area contributed by atoms with E-state index in [9.17, 15) is 0 Å². The molecular formula is C17H17N3O2. The Bertz CT molecular complexity index is 803. The second-order valence-electron chi connectivity index (χ2n) is 5.13. The Morgan fingerprint density at radius 2 is 1.86 bits per heavy atom. The van der Waals surface area contributed by atoms with E-state index in [2.05, 4.69) is 15.0 Å². The molecule has 0 radical (unpaired) electrons. The summed E-state index contributed by atoms with van der Waals surface area (Å²) in [6.45, 7) is 3.96. The fourth-order valence-corrected chi connectivity index (χ4v) is 2.17. The molecule has 5 nitrogen and oxygen atoms in total. The maximum atomic E-state index is 5.72. The molecule has 3 rings (SSSR count). The SMILES string of the molecule is COc1cc(-c2ncc3ncccc3n2)ccc1OC(C)C. The van der Waals surface area contributed by atoms with Crippen molar-refractivity contribution in [2.75, 3.05) is 7.11 Å². The molecular weight excluding hydrogens is 278 g/mol. The van der Waals surface area contributed by atoms with Gasteiger partial charge in [-0.05, 0) is 44.2 Å². The molecule has 0 fully saturated rings. The van der Waals surface area contributed by atoms with Crippen LogP contribution in [0, 0.1) is 0 Å². The van der Waals surface area contributed by atoms with Crippen LogP contribution in [0.15, 0.2) is 42.7 Å². The van der Waals surface area contributed by atoms with Crippen LogP contribution in [0.25, 0.3) is 22.4 Å². The first kappa shape index (κ1) is 14.3. The van der Waals surface area contributed by atoms with Crippen molar-refractivity contribution >= 4 is 11.0 Å². The number of ether oxygens (including phenoxy) is 2. The van der Waals surface area contributed by atoms with E-state index in [1.165, 1.54) is 0 Å². The summed E-state index contributed by atoms with van der Waals surface area (Å²) in [4.78, 5) is 13.1. The standard InChI is InChI=1S/C17H17N3O2/c1-11(2)22-15-7-6-12(9-16(15)21-3)17-19-10-14-13(20-17)5-4-8-18-14/h4-11H,1-3H3. The Labute approximate surface area is 129 Å². The summed E-state index contributed by atoms with van der Waals surface area (Å²) in [5.74, 6) is 2.01. The van der Waals surface area contributed by atoms with E-state index in [1.807, 2.05) is 44.2 Å². The van der Waals surface area contributed by atoms with Gasteiger partial charge >= 0.3 is 0 Å². The lowest BCUT2D eigenvalue weighted by molar-refractivity contribution is 0.230. The van der Waals surface area contributed by atoms with E-state index in [4.69, 9.17) is 9.47 Å². The number of aromatic nitrogens is 3. The lowest BCUT2D eigenvalue weighted by Crippen LogP contribution is -2.06. The van der Waals surface area contributed by atoms with Crippen molar-refractivity contribution in [2.45, 2.75) is 20.0 Å². The van der Waals surface area contributed by atoms with Crippen molar-refractivity contribution in [1.82, 2.24) is 15.0 Å².